The summed E-state index contributed by atoms with van der Waals surface area (Å²) in [6, 6.07) is 6.94. The Kier molecular flexibility index (Phi) is 22.3. The molecule has 1 aromatic rings. The minimum atomic E-state index is -4.43. The van der Waals surface area contributed by atoms with E-state index < -0.39 is 163 Å². The van der Waals surface area contributed by atoms with E-state index in [2.05, 4.69) is 0 Å². The fourth-order valence-corrected chi connectivity index (χ4v) is 203. The van der Waals surface area contributed by atoms with Crippen LogP contribution in [-0.4, -0.2) is 163 Å². The fraction of sp³-hybridized carbons (Fsp3) is 0.462. The van der Waals surface area contributed by atoms with Gasteiger partial charge in [-0.05, 0) is 43.6 Å². The molecule has 0 saturated heterocycles. The molecule has 1 radical (unpaired) electrons. The molecule has 0 atom stereocenters. The van der Waals surface area contributed by atoms with E-state index in [0.717, 1.165) is 0 Å². The molecule has 0 saturated carbocycles. The highest BCUT2D eigenvalue weighted by molar-refractivity contribution is 7.82. The lowest BCUT2D eigenvalue weighted by molar-refractivity contribution is -0.131. The van der Waals surface area contributed by atoms with Gasteiger partial charge in [-0.25, -0.2) is 0 Å². The van der Waals surface area contributed by atoms with Crippen LogP contribution in [0, 0.1) is 0 Å². The molecule has 0 fully saturated rings. The van der Waals surface area contributed by atoms with Crippen LogP contribution in [0.5, 0.6) is 5.75 Å². The first-order valence-corrected chi connectivity index (χ1v) is 61.7. The average molecular weight is 1090 g/mol. The molecule has 0 aliphatic heterocycles. The van der Waals surface area contributed by atoms with Crippen molar-refractivity contribution in [3.63, 3.8) is 0 Å². The first-order valence-electron chi connectivity index (χ1n) is 14.4. The van der Waals surface area contributed by atoms with Crippen LogP contribution in [0.4, 0.5) is 0 Å². The number of rotatable bonds is 25. The Morgan fingerprint density at radius 2 is 0.873 bits per heavy atom. The van der Waals surface area contributed by atoms with Crippen LogP contribution in [0.15, 0.2) is 24.3 Å². The lowest BCUT2D eigenvalue weighted by atomic mass is 10.1. The molecule has 0 aromatic heterocycles. The summed E-state index contributed by atoms with van der Waals surface area (Å²) in [5.74, 6) is -0.217. The second kappa shape index (κ2) is 23.6. The summed E-state index contributed by atoms with van der Waals surface area (Å²) in [5.41, 5.74) is 0.673. The molecular formula is C13H19O22Si20. The van der Waals surface area contributed by atoms with Crippen molar-refractivity contribution >= 4 is 163 Å². The maximum absolute atomic E-state index is 12.8. The van der Waals surface area contributed by atoms with Crippen molar-refractivity contribution in [1.82, 2.24) is 0 Å². The second-order valence-corrected chi connectivity index (χ2v) is 101. The van der Waals surface area contributed by atoms with Crippen molar-refractivity contribution in [2.75, 3.05) is 0 Å². The molecule has 0 bridgehead atoms. The number of hydrogen-bond donors (Lipinski definition) is 0. The number of hydrogen-bond acceptors (Lipinski definition) is 22. The maximum atomic E-state index is 12.8. The molecule has 55 heavy (non-hydrogen) atoms. The van der Waals surface area contributed by atoms with Crippen LogP contribution < -0.4 is 4.74 Å². The number of carbonyl (C=O) groups is 1. The van der Waals surface area contributed by atoms with Gasteiger partial charge < -0.3 is 93.6 Å². The van der Waals surface area contributed by atoms with E-state index in [-0.39, 0.29) is 0 Å². The van der Waals surface area contributed by atoms with Crippen LogP contribution in [0.2, 0.25) is 19.1 Å². The molecule has 1 aromatic carbocycles. The smallest absolute Gasteiger partial charge is 0.532 e. The Labute approximate surface area is 333 Å². The van der Waals surface area contributed by atoms with Crippen LogP contribution in [0.3, 0.4) is 0 Å². The third kappa shape index (κ3) is 15.0. The monoisotopic (exact) mass is 1090 g/mol. The molecular weight excluding hydrogens is 1070 g/mol. The Balaban J connectivity index is 2.91. The van der Waals surface area contributed by atoms with E-state index in [1.54, 1.807) is 37.4 Å². The highest BCUT2D eigenvalue weighted by Gasteiger charge is 2.56. The molecule has 42 heteroatoms. The van der Waals surface area contributed by atoms with Crippen molar-refractivity contribution in [3.05, 3.63) is 29.8 Å². The largest absolute Gasteiger partial charge is 0.578 e. The van der Waals surface area contributed by atoms with Gasteiger partial charge >= 0.3 is 155 Å². The van der Waals surface area contributed by atoms with Gasteiger partial charge in [-0.2, -0.15) is 0 Å². The SMILES string of the molecule is CC(=O)Oc1ccccc1CCC[Si](C)(C)O[Si](=O)[Si](=O)[Si](=O)[Si](=O)[Si](=O)[Si](=O)[Si](=O)[Si](=O)[Si](=O)[Si](=O)[Si](=O)[Si](=O)[Si](=O)[Si](=O)[Si](=O)[Si](=O)[Si](=O)[Si](=O)[Si]=O. The number of para-hydroxylation sites is 1. The molecule has 0 N–H and O–H groups in total. The number of carbonyl (C=O) groups excluding carboxylic acids is 1. The van der Waals surface area contributed by atoms with Gasteiger partial charge in [0.1, 0.15) is 5.75 Å². The lowest BCUT2D eigenvalue weighted by Gasteiger charge is -2.22. The predicted molar refractivity (Wildman–Crippen MR) is 192 cm³/mol. The quantitative estimate of drug-likeness (QED) is 0.0499. The zero-order chi connectivity index (χ0) is 42.7. The minimum Gasteiger partial charge on any atom is -0.578 e. The number of ether oxygens (including phenoxy) is 1. The Bertz CT molecular complexity index is 2150. The molecule has 0 amide bonds. The van der Waals surface area contributed by atoms with E-state index in [9.17, 15) is 89.6 Å². The van der Waals surface area contributed by atoms with Gasteiger partial charge in [-0.3, -0.25) is 4.79 Å². The highest BCUT2D eigenvalue weighted by Crippen LogP contribution is 2.23. The van der Waals surface area contributed by atoms with E-state index in [4.69, 9.17) is 8.85 Å². The standard InChI is InChI=1S/C13H19O22Si20/c1-11(14)34-13-9-5-4-7-12(13)8-6-10-55(2,3)35-37(16)39(18)41(20)43(22)45(24)47(26)49(28)51(30)53(32)54(33)52(31)50(29)48(27)46(25)44(23)42(21)40(19)38(17)36-15/h4-5,7,9H,6,8,10H2,1-3H3. The Morgan fingerprint density at radius 3 is 1.22 bits per heavy atom. The predicted octanol–water partition coefficient (Wildman–Crippen LogP) is -6.26. The lowest BCUT2D eigenvalue weighted by Crippen LogP contribution is -2.56. The number of benzene rings is 1. The average Bonchev–Trinajstić information content (AvgIpc) is 3.15. The van der Waals surface area contributed by atoms with Crippen LogP contribution in [-0.2, 0) is 100 Å². The van der Waals surface area contributed by atoms with Crippen LogP contribution >= 0.6 is 0 Å². The summed E-state index contributed by atoms with van der Waals surface area (Å²) in [7, 11) is -79.8. The zero-order valence-corrected chi connectivity index (χ0v) is 47.9. The van der Waals surface area contributed by atoms with Crippen molar-refractivity contribution in [2.24, 2.45) is 0 Å². The molecule has 22 nitrogen and oxygen atoms in total. The highest BCUT2D eigenvalue weighted by atomic mass is 30.1. The van der Waals surface area contributed by atoms with E-state index >= 15 is 0 Å². The van der Waals surface area contributed by atoms with E-state index in [1.165, 1.54) is 6.92 Å². The molecule has 283 valence electrons. The molecule has 0 aliphatic rings. The maximum Gasteiger partial charge on any atom is 0.532 e. The third-order valence-corrected chi connectivity index (χ3v) is 145. The topological polar surface area (TPSA) is 360 Å². The van der Waals surface area contributed by atoms with Gasteiger partial charge in [-0.1, -0.05) is 18.2 Å². The second-order valence-electron chi connectivity index (χ2n) is 10.9. The van der Waals surface area contributed by atoms with Crippen molar-refractivity contribution in [3.8, 4) is 5.75 Å². The molecule has 0 unspecified atom stereocenters. The first kappa shape index (κ1) is 52.0. The minimum absolute atomic E-state index is 0.293. The Morgan fingerprint density at radius 1 is 0.545 bits per heavy atom. The molecule has 0 heterocycles. The van der Waals surface area contributed by atoms with Gasteiger partial charge in [0.05, 0.1) is 0 Å². The number of aryl methyl sites for hydroxylation is 1. The third-order valence-electron chi connectivity index (χ3n) is 6.40. The van der Waals surface area contributed by atoms with Crippen molar-refractivity contribution in [1.29, 1.82) is 0 Å². The summed E-state index contributed by atoms with van der Waals surface area (Å²) < 4.78 is 245. The van der Waals surface area contributed by atoms with Crippen molar-refractivity contribution in [2.45, 2.75) is 38.9 Å². The van der Waals surface area contributed by atoms with Gasteiger partial charge in [0.2, 0.25) is 8.32 Å². The normalized spacial score (nSPS) is 10.3. The van der Waals surface area contributed by atoms with Crippen LogP contribution in [0.25, 0.3) is 0 Å². The van der Waals surface area contributed by atoms with Crippen molar-refractivity contribution < 1.29 is 98.4 Å². The van der Waals surface area contributed by atoms with E-state index in [0.29, 0.717) is 30.2 Å². The van der Waals surface area contributed by atoms with Gasteiger partial charge in [0, 0.05) is 6.92 Å². The summed E-state index contributed by atoms with van der Waals surface area (Å²) in [6.45, 7) is 4.37. The summed E-state index contributed by atoms with van der Waals surface area (Å²) >= 11 is 0. The number of esters is 1. The van der Waals surface area contributed by atoms with Crippen LogP contribution in [0.1, 0.15) is 18.9 Å². The first-order chi connectivity index (χ1) is 25.3. The molecule has 0 aliphatic carbocycles. The molecule has 0 spiro atoms. The zero-order valence-electron chi connectivity index (χ0n) is 27.9. The van der Waals surface area contributed by atoms with Gasteiger partial charge in [-0.15, -0.1) is 0 Å². The Hall–Kier alpha value is -0.972. The van der Waals surface area contributed by atoms with Gasteiger partial charge in [0.15, 0.2) is 0 Å². The summed E-state index contributed by atoms with van der Waals surface area (Å²) in [4.78, 5) is 11.3. The fourth-order valence-electron chi connectivity index (χ4n) is 3.70. The summed E-state index contributed by atoms with van der Waals surface area (Å²) in [6.07, 6.45) is 0.795. The van der Waals surface area contributed by atoms with E-state index in [1.807, 2.05) is 0 Å². The summed E-state index contributed by atoms with van der Waals surface area (Å²) in [5, 5.41) is 0. The molecule has 1 rings (SSSR count). The van der Waals surface area contributed by atoms with Gasteiger partial charge in [0.25, 0.3) is 0 Å².